The fourth-order valence-electron chi connectivity index (χ4n) is 3.54. The van der Waals surface area contributed by atoms with Crippen LogP contribution in [0.25, 0.3) is 5.69 Å². The molecule has 2 aromatic rings. The van der Waals surface area contributed by atoms with Gasteiger partial charge in [-0.2, -0.15) is 13.2 Å². The molecule has 7 heteroatoms. The number of nitrogens with zero attached hydrogens (tertiary/aromatic N) is 2. The molecule has 0 unspecified atom stereocenters. The van der Waals surface area contributed by atoms with E-state index in [2.05, 4.69) is 4.98 Å². The molecule has 0 saturated heterocycles. The van der Waals surface area contributed by atoms with Gasteiger partial charge in [-0.25, -0.2) is 4.98 Å². The molecule has 0 aliphatic heterocycles. The van der Waals surface area contributed by atoms with Crippen LogP contribution in [0.2, 0.25) is 0 Å². The Morgan fingerprint density at radius 3 is 2.31 bits per heavy atom. The first-order valence-electron chi connectivity index (χ1n) is 8.78. The van der Waals surface area contributed by atoms with Crippen molar-refractivity contribution in [3.05, 3.63) is 52.2 Å². The van der Waals surface area contributed by atoms with Crippen LogP contribution in [0.1, 0.15) is 50.0 Å². The van der Waals surface area contributed by atoms with E-state index in [-0.39, 0.29) is 30.1 Å². The van der Waals surface area contributed by atoms with Gasteiger partial charge in [0.2, 0.25) is 0 Å². The van der Waals surface area contributed by atoms with E-state index in [1.54, 1.807) is 12.1 Å². The average Bonchev–Trinajstić information content (AvgIpc) is 2.61. The topological polar surface area (TPSA) is 55.1 Å². The van der Waals surface area contributed by atoms with Crippen molar-refractivity contribution < 1.29 is 18.3 Å². The van der Waals surface area contributed by atoms with Crippen LogP contribution in [0.15, 0.2) is 35.1 Å². The third-order valence-corrected chi connectivity index (χ3v) is 5.02. The first-order valence-corrected chi connectivity index (χ1v) is 8.78. The van der Waals surface area contributed by atoms with Crippen LogP contribution in [0.3, 0.4) is 0 Å². The molecular formula is C19H21F3N2O2. The third kappa shape index (κ3) is 3.76. The van der Waals surface area contributed by atoms with Crippen molar-refractivity contribution in [2.75, 3.05) is 0 Å². The Kier molecular flexibility index (Phi) is 5.07. The summed E-state index contributed by atoms with van der Waals surface area (Å²) in [6, 6.07) is 7.61. The molecular weight excluding hydrogens is 345 g/mol. The molecule has 1 fully saturated rings. The number of aromatic nitrogens is 2. The summed E-state index contributed by atoms with van der Waals surface area (Å²) in [6.45, 7) is 1.89. The summed E-state index contributed by atoms with van der Waals surface area (Å²) in [6.07, 6.45) is -2.79. The summed E-state index contributed by atoms with van der Waals surface area (Å²) < 4.78 is 40.3. The van der Waals surface area contributed by atoms with Gasteiger partial charge in [0.1, 0.15) is 11.6 Å². The lowest BCUT2D eigenvalue weighted by molar-refractivity contribution is -0.182. The highest BCUT2D eigenvalue weighted by Crippen LogP contribution is 2.42. The summed E-state index contributed by atoms with van der Waals surface area (Å²) in [7, 11) is 0. The molecule has 0 atom stereocenters. The molecule has 1 aliphatic carbocycles. The maximum atomic E-state index is 12.9. The highest BCUT2D eigenvalue weighted by molar-refractivity contribution is 5.38. The Morgan fingerprint density at radius 2 is 1.77 bits per heavy atom. The zero-order chi connectivity index (χ0) is 18.9. The molecule has 0 spiro atoms. The molecule has 1 N–H and O–H groups in total. The Balaban J connectivity index is 1.99. The van der Waals surface area contributed by atoms with Crippen LogP contribution in [-0.4, -0.2) is 20.8 Å². The van der Waals surface area contributed by atoms with Crippen LogP contribution in [-0.2, 0) is 6.42 Å². The third-order valence-electron chi connectivity index (χ3n) is 5.02. The van der Waals surface area contributed by atoms with Crippen molar-refractivity contribution in [2.24, 2.45) is 5.92 Å². The first kappa shape index (κ1) is 18.5. The maximum absolute atomic E-state index is 12.9. The van der Waals surface area contributed by atoms with Gasteiger partial charge in [0.05, 0.1) is 11.6 Å². The van der Waals surface area contributed by atoms with Gasteiger partial charge in [-0.05, 0) is 56.4 Å². The van der Waals surface area contributed by atoms with Crippen LogP contribution in [0, 0.1) is 5.92 Å². The minimum absolute atomic E-state index is 0.0516. The summed E-state index contributed by atoms with van der Waals surface area (Å²) in [5, 5.41) is 9.47. The minimum Gasteiger partial charge on any atom is -0.508 e. The van der Waals surface area contributed by atoms with Crippen molar-refractivity contribution in [3.63, 3.8) is 0 Å². The number of benzene rings is 1. The van der Waals surface area contributed by atoms with Crippen molar-refractivity contribution in [1.82, 2.24) is 9.55 Å². The molecule has 1 saturated carbocycles. The molecule has 1 heterocycles. The number of hydrogen-bond donors (Lipinski definition) is 1. The highest BCUT2D eigenvalue weighted by atomic mass is 19.4. The van der Waals surface area contributed by atoms with Gasteiger partial charge in [-0.1, -0.05) is 6.92 Å². The quantitative estimate of drug-likeness (QED) is 0.879. The van der Waals surface area contributed by atoms with Gasteiger partial charge >= 0.3 is 6.18 Å². The SMILES string of the molecule is CCc1cc(=O)n(-c2ccc(O)cc2)c(C2CCC(C(F)(F)F)CC2)n1. The second-order valence-electron chi connectivity index (χ2n) is 6.74. The molecule has 0 bridgehead atoms. The predicted molar refractivity (Wildman–Crippen MR) is 91.6 cm³/mol. The predicted octanol–water partition coefficient (Wildman–Crippen LogP) is 4.34. The lowest BCUT2D eigenvalue weighted by Gasteiger charge is -2.30. The van der Waals surface area contributed by atoms with Crippen molar-refractivity contribution in [2.45, 2.75) is 51.1 Å². The minimum atomic E-state index is -4.17. The molecule has 26 heavy (non-hydrogen) atoms. The second-order valence-corrected chi connectivity index (χ2v) is 6.74. The number of phenols is 1. The van der Waals surface area contributed by atoms with Crippen LogP contribution in [0.4, 0.5) is 13.2 Å². The summed E-state index contributed by atoms with van der Waals surface area (Å²) >= 11 is 0. The van der Waals surface area contributed by atoms with Crippen LogP contribution in [0.5, 0.6) is 5.75 Å². The van der Waals surface area contributed by atoms with Gasteiger partial charge in [-0.3, -0.25) is 9.36 Å². The van der Waals surface area contributed by atoms with Crippen LogP contribution >= 0.6 is 0 Å². The van der Waals surface area contributed by atoms with Gasteiger partial charge in [0.15, 0.2) is 0 Å². The lowest BCUT2D eigenvalue weighted by atomic mass is 9.81. The monoisotopic (exact) mass is 366 g/mol. The molecule has 4 nitrogen and oxygen atoms in total. The number of aryl methyl sites for hydroxylation is 1. The second kappa shape index (κ2) is 7.13. The molecule has 1 aliphatic rings. The lowest BCUT2D eigenvalue weighted by Crippen LogP contribution is -2.31. The van der Waals surface area contributed by atoms with Gasteiger partial charge in [0.25, 0.3) is 5.56 Å². The Morgan fingerprint density at radius 1 is 1.15 bits per heavy atom. The number of hydrogen-bond acceptors (Lipinski definition) is 3. The van der Waals surface area contributed by atoms with Gasteiger partial charge < -0.3 is 5.11 Å². The van der Waals surface area contributed by atoms with E-state index in [0.717, 1.165) is 0 Å². The average molecular weight is 366 g/mol. The Bertz CT molecular complexity index is 820. The first-order chi connectivity index (χ1) is 12.3. The van der Waals surface area contributed by atoms with E-state index < -0.39 is 12.1 Å². The van der Waals surface area contributed by atoms with E-state index in [4.69, 9.17) is 0 Å². The summed E-state index contributed by atoms with van der Waals surface area (Å²) in [5.41, 5.74) is 0.935. The van der Waals surface area contributed by atoms with E-state index in [9.17, 15) is 23.1 Å². The zero-order valence-electron chi connectivity index (χ0n) is 14.5. The number of rotatable bonds is 3. The molecule has 0 radical (unpaired) electrons. The standard InChI is InChI=1S/C19H21F3N2O2/c1-2-14-11-17(26)24(15-7-9-16(25)10-8-15)18(23-14)12-3-5-13(6-4-12)19(20,21)22/h7-13,25H,2-6H2,1H3. The fourth-order valence-corrected chi connectivity index (χ4v) is 3.54. The molecule has 1 aromatic carbocycles. The van der Waals surface area contributed by atoms with Crippen molar-refractivity contribution in [1.29, 1.82) is 0 Å². The highest BCUT2D eigenvalue weighted by Gasteiger charge is 2.42. The molecule has 0 amide bonds. The van der Waals surface area contributed by atoms with E-state index in [1.807, 2.05) is 6.92 Å². The van der Waals surface area contributed by atoms with Gasteiger partial charge in [0, 0.05) is 17.7 Å². The van der Waals surface area contributed by atoms with E-state index in [1.165, 1.54) is 22.8 Å². The van der Waals surface area contributed by atoms with E-state index in [0.29, 0.717) is 36.5 Å². The zero-order valence-corrected chi connectivity index (χ0v) is 14.5. The summed E-state index contributed by atoms with van der Waals surface area (Å²) in [4.78, 5) is 17.2. The van der Waals surface area contributed by atoms with Gasteiger partial charge in [-0.15, -0.1) is 0 Å². The Hall–Kier alpha value is -2.31. The smallest absolute Gasteiger partial charge is 0.391 e. The number of aromatic hydroxyl groups is 1. The normalized spacial score (nSPS) is 20.9. The number of alkyl halides is 3. The Labute approximate surface area is 149 Å². The van der Waals surface area contributed by atoms with Crippen LogP contribution < -0.4 is 5.56 Å². The molecule has 3 rings (SSSR count). The van der Waals surface area contributed by atoms with Crippen molar-refractivity contribution >= 4 is 0 Å². The number of halogens is 3. The molecule has 1 aromatic heterocycles. The van der Waals surface area contributed by atoms with Crippen molar-refractivity contribution in [3.8, 4) is 11.4 Å². The molecule has 140 valence electrons. The summed E-state index contributed by atoms with van der Waals surface area (Å²) in [5.74, 6) is -0.878. The maximum Gasteiger partial charge on any atom is 0.391 e. The van der Waals surface area contributed by atoms with E-state index >= 15 is 0 Å². The number of phenolic OH excluding ortho intramolecular Hbond substituents is 1. The fraction of sp³-hybridized carbons (Fsp3) is 0.474. The largest absolute Gasteiger partial charge is 0.508 e.